The maximum absolute atomic E-state index is 11.5. The number of nitrogens with two attached hydrogens (primary N) is 1. The number of rotatable bonds is 6. The zero-order chi connectivity index (χ0) is 12.5. The number of nitrogens with one attached hydrogen (secondary N) is 1. The Kier molecular flexibility index (Phi) is 6.10. The van der Waals surface area contributed by atoms with Gasteiger partial charge < -0.3 is 15.8 Å². The molecule has 0 bridgehead atoms. The highest BCUT2D eigenvalue weighted by atomic mass is 16.5. The molecule has 1 aromatic carbocycles. The molecule has 1 rings (SSSR count). The molecule has 4 nitrogen and oxygen atoms in total. The second-order valence-corrected chi connectivity index (χ2v) is 3.83. The number of amides is 1. The van der Waals surface area contributed by atoms with Crippen molar-refractivity contribution < 1.29 is 9.53 Å². The van der Waals surface area contributed by atoms with E-state index in [0.29, 0.717) is 13.2 Å². The van der Waals surface area contributed by atoms with Crippen molar-refractivity contribution in [3.05, 3.63) is 35.9 Å². The van der Waals surface area contributed by atoms with Gasteiger partial charge in [0, 0.05) is 6.54 Å². The van der Waals surface area contributed by atoms with E-state index in [1.807, 2.05) is 37.3 Å². The summed E-state index contributed by atoms with van der Waals surface area (Å²) < 4.78 is 5.03. The van der Waals surface area contributed by atoms with Crippen molar-refractivity contribution in [1.29, 1.82) is 0 Å². The highest BCUT2D eigenvalue weighted by molar-refractivity contribution is 5.67. The average molecular weight is 236 g/mol. The van der Waals surface area contributed by atoms with Crippen molar-refractivity contribution in [3.8, 4) is 0 Å². The highest BCUT2D eigenvalue weighted by Crippen LogP contribution is 2.10. The Morgan fingerprint density at radius 1 is 1.41 bits per heavy atom. The fourth-order valence-electron chi connectivity index (χ4n) is 1.46. The molecule has 1 aromatic rings. The third kappa shape index (κ3) is 4.87. The molecule has 0 aliphatic rings. The lowest BCUT2D eigenvalue weighted by molar-refractivity contribution is 0.141. The van der Waals surface area contributed by atoms with Crippen LogP contribution in [0.4, 0.5) is 4.79 Å². The molecule has 17 heavy (non-hydrogen) atoms. The van der Waals surface area contributed by atoms with Gasteiger partial charge in [-0.1, -0.05) is 43.7 Å². The molecule has 1 amide bonds. The normalized spacial score (nSPS) is 11.9. The number of hydrogen-bond donors (Lipinski definition) is 2. The summed E-state index contributed by atoms with van der Waals surface area (Å²) in [6.45, 7) is 2.86. The third-order valence-corrected chi connectivity index (χ3v) is 2.46. The second-order valence-electron chi connectivity index (χ2n) is 3.83. The van der Waals surface area contributed by atoms with Gasteiger partial charge in [0.05, 0.1) is 12.6 Å². The number of ether oxygens (including phenoxy) is 1. The average Bonchev–Trinajstić information content (AvgIpc) is 2.37. The number of unbranched alkanes of at least 4 members (excludes halogenated alkanes) is 1. The van der Waals surface area contributed by atoms with Crippen LogP contribution in [0.1, 0.15) is 31.4 Å². The Bertz CT molecular complexity index is 327. The minimum atomic E-state index is -0.405. The van der Waals surface area contributed by atoms with Crippen LogP contribution in [0.25, 0.3) is 0 Å². The van der Waals surface area contributed by atoms with Crippen LogP contribution in [0.15, 0.2) is 30.3 Å². The van der Waals surface area contributed by atoms with Crippen molar-refractivity contribution in [3.63, 3.8) is 0 Å². The van der Waals surface area contributed by atoms with Crippen molar-refractivity contribution in [1.82, 2.24) is 5.32 Å². The summed E-state index contributed by atoms with van der Waals surface area (Å²) in [5, 5.41) is 2.76. The molecule has 0 aromatic heterocycles. The van der Waals surface area contributed by atoms with Gasteiger partial charge in [0.15, 0.2) is 0 Å². The lowest BCUT2D eigenvalue weighted by Crippen LogP contribution is -2.33. The van der Waals surface area contributed by atoms with Crippen LogP contribution in [0.3, 0.4) is 0 Å². The summed E-state index contributed by atoms with van der Waals surface area (Å²) in [4.78, 5) is 11.5. The van der Waals surface area contributed by atoms with E-state index in [2.05, 4.69) is 5.32 Å². The third-order valence-electron chi connectivity index (χ3n) is 2.46. The zero-order valence-electron chi connectivity index (χ0n) is 10.2. The van der Waals surface area contributed by atoms with Crippen LogP contribution in [0, 0.1) is 0 Å². The van der Waals surface area contributed by atoms with E-state index in [1.165, 1.54) is 0 Å². The van der Waals surface area contributed by atoms with Gasteiger partial charge in [-0.2, -0.15) is 0 Å². The standard InChI is InChI=1S/C13H20N2O2/c1-2-3-9-17-13(16)15-12(10-14)11-7-5-4-6-8-11/h4-8,12H,2-3,9-10,14H2,1H3,(H,15,16)/t12-/m0/s1. The fraction of sp³-hybridized carbons (Fsp3) is 0.462. The molecular formula is C13H20N2O2. The number of alkyl carbamates (subject to hydrolysis) is 1. The second kappa shape index (κ2) is 7.68. The molecule has 94 valence electrons. The molecule has 0 unspecified atom stereocenters. The molecule has 0 saturated heterocycles. The summed E-state index contributed by atoms with van der Waals surface area (Å²) in [6, 6.07) is 9.44. The molecule has 4 heteroatoms. The van der Waals surface area contributed by atoms with E-state index in [0.717, 1.165) is 18.4 Å². The fourth-order valence-corrected chi connectivity index (χ4v) is 1.46. The molecule has 0 spiro atoms. The van der Waals surface area contributed by atoms with Crippen LogP contribution in [-0.2, 0) is 4.74 Å². The molecule has 0 heterocycles. The van der Waals surface area contributed by atoms with E-state index in [4.69, 9.17) is 10.5 Å². The van der Waals surface area contributed by atoms with Crippen LogP contribution < -0.4 is 11.1 Å². The number of benzene rings is 1. The number of hydrogen-bond acceptors (Lipinski definition) is 3. The Hall–Kier alpha value is -1.55. The molecule has 0 saturated carbocycles. The van der Waals surface area contributed by atoms with Crippen LogP contribution in [-0.4, -0.2) is 19.2 Å². The van der Waals surface area contributed by atoms with Gasteiger partial charge in [-0.15, -0.1) is 0 Å². The van der Waals surface area contributed by atoms with E-state index in [1.54, 1.807) is 0 Å². The van der Waals surface area contributed by atoms with Gasteiger partial charge in [0.1, 0.15) is 0 Å². The quantitative estimate of drug-likeness (QED) is 0.744. The topological polar surface area (TPSA) is 64.3 Å². The van der Waals surface area contributed by atoms with Crippen LogP contribution in [0.2, 0.25) is 0 Å². The van der Waals surface area contributed by atoms with Gasteiger partial charge in [-0.25, -0.2) is 4.79 Å². The van der Waals surface area contributed by atoms with Crippen LogP contribution >= 0.6 is 0 Å². The lowest BCUT2D eigenvalue weighted by atomic mass is 10.1. The first-order chi connectivity index (χ1) is 8.27. The van der Waals surface area contributed by atoms with Gasteiger partial charge in [-0.05, 0) is 12.0 Å². The first-order valence-corrected chi connectivity index (χ1v) is 5.96. The van der Waals surface area contributed by atoms with Gasteiger partial charge in [0.2, 0.25) is 0 Å². The number of carbonyl (C=O) groups is 1. The molecule has 0 aliphatic carbocycles. The summed E-state index contributed by atoms with van der Waals surface area (Å²) >= 11 is 0. The summed E-state index contributed by atoms with van der Waals surface area (Å²) in [6.07, 6.45) is 1.48. The Labute approximate surface area is 102 Å². The smallest absolute Gasteiger partial charge is 0.407 e. The summed E-state index contributed by atoms with van der Waals surface area (Å²) in [5.41, 5.74) is 6.63. The molecule has 3 N–H and O–H groups in total. The van der Waals surface area contributed by atoms with Crippen molar-refractivity contribution in [2.75, 3.05) is 13.2 Å². The zero-order valence-corrected chi connectivity index (χ0v) is 10.2. The molecular weight excluding hydrogens is 216 g/mol. The lowest BCUT2D eigenvalue weighted by Gasteiger charge is -2.16. The first-order valence-electron chi connectivity index (χ1n) is 5.96. The summed E-state index contributed by atoms with van der Waals surface area (Å²) in [7, 11) is 0. The number of carbonyl (C=O) groups excluding carboxylic acids is 1. The molecule has 1 atom stereocenters. The monoisotopic (exact) mass is 236 g/mol. The van der Waals surface area contributed by atoms with E-state index in [-0.39, 0.29) is 6.04 Å². The van der Waals surface area contributed by atoms with Crippen molar-refractivity contribution in [2.45, 2.75) is 25.8 Å². The van der Waals surface area contributed by atoms with Crippen LogP contribution in [0.5, 0.6) is 0 Å². The highest BCUT2D eigenvalue weighted by Gasteiger charge is 2.12. The maximum atomic E-state index is 11.5. The minimum Gasteiger partial charge on any atom is -0.450 e. The molecule has 0 radical (unpaired) electrons. The maximum Gasteiger partial charge on any atom is 0.407 e. The van der Waals surface area contributed by atoms with E-state index < -0.39 is 6.09 Å². The van der Waals surface area contributed by atoms with Gasteiger partial charge in [-0.3, -0.25) is 0 Å². The molecule has 0 fully saturated rings. The summed E-state index contributed by atoms with van der Waals surface area (Å²) in [5.74, 6) is 0. The SMILES string of the molecule is CCCCOC(=O)N[C@@H](CN)c1ccccc1. The van der Waals surface area contributed by atoms with Gasteiger partial charge in [0.25, 0.3) is 0 Å². The van der Waals surface area contributed by atoms with Gasteiger partial charge >= 0.3 is 6.09 Å². The largest absolute Gasteiger partial charge is 0.450 e. The Morgan fingerprint density at radius 3 is 2.71 bits per heavy atom. The van der Waals surface area contributed by atoms with E-state index in [9.17, 15) is 4.79 Å². The Balaban J connectivity index is 2.44. The van der Waals surface area contributed by atoms with Crippen molar-refractivity contribution in [2.24, 2.45) is 5.73 Å². The minimum absolute atomic E-state index is 0.190. The van der Waals surface area contributed by atoms with E-state index >= 15 is 0 Å². The Morgan fingerprint density at radius 2 is 2.12 bits per heavy atom. The predicted molar refractivity (Wildman–Crippen MR) is 67.6 cm³/mol. The first kappa shape index (κ1) is 13.5. The molecule has 0 aliphatic heterocycles. The van der Waals surface area contributed by atoms with Crippen molar-refractivity contribution >= 4 is 6.09 Å². The predicted octanol–water partition coefficient (Wildman–Crippen LogP) is 2.21.